The molecule has 1 N–H and O–H groups in total. The summed E-state index contributed by atoms with van der Waals surface area (Å²) < 4.78 is 6.54. The Kier molecular flexibility index (Phi) is 3.89. The van der Waals surface area contributed by atoms with Crippen LogP contribution < -0.4 is 5.32 Å². The smallest absolute Gasteiger partial charge is 0.249 e. The fourth-order valence-electron chi connectivity index (χ4n) is 1.83. The normalized spacial score (nSPS) is 14.8. The Morgan fingerprint density at radius 1 is 1.32 bits per heavy atom. The third-order valence-electron chi connectivity index (χ3n) is 3.00. The van der Waals surface area contributed by atoms with Gasteiger partial charge in [0.15, 0.2) is 0 Å². The van der Waals surface area contributed by atoms with Gasteiger partial charge in [-0.2, -0.15) is 0 Å². The molecule has 5 nitrogen and oxygen atoms in total. The Morgan fingerprint density at radius 2 is 2.21 bits per heavy atom. The van der Waals surface area contributed by atoms with Gasteiger partial charge in [-0.05, 0) is 47.8 Å². The monoisotopic (exact) mass is 322 g/mol. The molecule has 2 aromatic heterocycles. The highest BCUT2D eigenvalue weighted by Crippen LogP contribution is 2.21. The van der Waals surface area contributed by atoms with E-state index in [4.69, 9.17) is 4.42 Å². The molecule has 100 valence electrons. The Hall–Kier alpha value is -1.27. The Labute approximate surface area is 120 Å². The first-order valence-electron chi connectivity index (χ1n) is 6.48. The summed E-state index contributed by atoms with van der Waals surface area (Å²) in [5.41, 5.74) is 0.837. The second-order valence-corrected chi connectivity index (χ2v) is 5.64. The van der Waals surface area contributed by atoms with Crippen molar-refractivity contribution in [2.45, 2.75) is 31.7 Å². The van der Waals surface area contributed by atoms with Crippen molar-refractivity contribution in [3.63, 3.8) is 0 Å². The molecule has 0 amide bonds. The Morgan fingerprint density at radius 3 is 3.00 bits per heavy atom. The van der Waals surface area contributed by atoms with E-state index in [-0.39, 0.29) is 0 Å². The number of rotatable bonds is 6. The van der Waals surface area contributed by atoms with Crippen molar-refractivity contribution in [3.8, 4) is 11.5 Å². The highest BCUT2D eigenvalue weighted by atomic mass is 79.9. The van der Waals surface area contributed by atoms with E-state index in [1.165, 1.54) is 12.8 Å². The van der Waals surface area contributed by atoms with Gasteiger partial charge < -0.3 is 9.73 Å². The minimum absolute atomic E-state index is 0.527. The zero-order chi connectivity index (χ0) is 13.1. The van der Waals surface area contributed by atoms with E-state index >= 15 is 0 Å². The third kappa shape index (κ3) is 3.61. The predicted molar refractivity (Wildman–Crippen MR) is 74.6 cm³/mol. The highest BCUT2D eigenvalue weighted by Gasteiger charge is 2.19. The van der Waals surface area contributed by atoms with Crippen LogP contribution in [0, 0.1) is 0 Å². The summed E-state index contributed by atoms with van der Waals surface area (Å²) in [5.74, 6) is 1.21. The van der Waals surface area contributed by atoms with Crippen LogP contribution >= 0.6 is 15.9 Å². The molecule has 0 unspecified atom stereocenters. The molecule has 1 aliphatic rings. The average Bonchev–Trinajstić information content (AvgIpc) is 3.11. The van der Waals surface area contributed by atoms with E-state index in [0.717, 1.165) is 35.5 Å². The third-order valence-corrected chi connectivity index (χ3v) is 3.43. The van der Waals surface area contributed by atoms with Crippen molar-refractivity contribution >= 4 is 15.9 Å². The molecule has 1 aliphatic carbocycles. The largest absolute Gasteiger partial charge is 0.421 e. The summed E-state index contributed by atoms with van der Waals surface area (Å²) in [6.07, 6.45) is 7.92. The number of nitrogens with one attached hydrogen (secondary N) is 1. The van der Waals surface area contributed by atoms with Gasteiger partial charge in [-0.15, -0.1) is 10.2 Å². The van der Waals surface area contributed by atoms with Crippen LogP contribution in [0.3, 0.4) is 0 Å². The van der Waals surface area contributed by atoms with Crippen LogP contribution in [0.4, 0.5) is 0 Å². The van der Waals surface area contributed by atoms with Gasteiger partial charge in [0.25, 0.3) is 0 Å². The molecule has 0 aromatic carbocycles. The molecule has 3 rings (SSSR count). The van der Waals surface area contributed by atoms with Gasteiger partial charge in [-0.1, -0.05) is 0 Å². The van der Waals surface area contributed by atoms with Gasteiger partial charge in [0.1, 0.15) is 0 Å². The number of hydrogen-bond donors (Lipinski definition) is 1. The van der Waals surface area contributed by atoms with E-state index in [9.17, 15) is 0 Å². The summed E-state index contributed by atoms with van der Waals surface area (Å²) >= 11 is 3.38. The van der Waals surface area contributed by atoms with Crippen LogP contribution in [-0.4, -0.2) is 27.8 Å². The number of nitrogens with zero attached hydrogens (tertiary/aromatic N) is 3. The van der Waals surface area contributed by atoms with Crippen molar-refractivity contribution < 1.29 is 4.42 Å². The van der Waals surface area contributed by atoms with Crippen molar-refractivity contribution in [2.24, 2.45) is 0 Å². The topological polar surface area (TPSA) is 63.8 Å². The van der Waals surface area contributed by atoms with E-state index < -0.39 is 0 Å². The predicted octanol–water partition coefficient (Wildman–Crippen LogP) is 2.58. The molecular formula is C13H15BrN4O. The lowest BCUT2D eigenvalue weighted by Crippen LogP contribution is -2.17. The second kappa shape index (κ2) is 5.79. The van der Waals surface area contributed by atoms with Crippen molar-refractivity contribution in [2.75, 3.05) is 6.54 Å². The molecule has 0 aliphatic heterocycles. The van der Waals surface area contributed by atoms with Crippen LogP contribution in [0.1, 0.15) is 25.2 Å². The van der Waals surface area contributed by atoms with E-state index in [1.807, 2.05) is 6.07 Å². The Bertz CT molecular complexity index is 553. The lowest BCUT2D eigenvalue weighted by Gasteiger charge is -1.99. The first-order valence-corrected chi connectivity index (χ1v) is 7.27. The number of pyridine rings is 1. The quantitative estimate of drug-likeness (QED) is 0.828. The summed E-state index contributed by atoms with van der Waals surface area (Å²) in [5, 5.41) is 11.6. The van der Waals surface area contributed by atoms with Crippen LogP contribution in [0.2, 0.25) is 0 Å². The molecule has 0 radical (unpaired) electrons. The molecule has 19 heavy (non-hydrogen) atoms. The minimum Gasteiger partial charge on any atom is -0.421 e. The van der Waals surface area contributed by atoms with E-state index in [2.05, 4.69) is 36.4 Å². The molecular weight excluding hydrogens is 308 g/mol. The first kappa shape index (κ1) is 12.7. The second-order valence-electron chi connectivity index (χ2n) is 4.72. The SMILES string of the molecule is Brc1cncc(-c2nnc(CCCNC3CC3)o2)c1. The summed E-state index contributed by atoms with van der Waals surface area (Å²) in [4.78, 5) is 4.09. The molecule has 0 saturated heterocycles. The molecule has 2 aromatic rings. The zero-order valence-corrected chi connectivity index (χ0v) is 12.1. The van der Waals surface area contributed by atoms with Crippen LogP contribution in [0.5, 0.6) is 0 Å². The number of halogens is 1. The molecule has 0 spiro atoms. The highest BCUT2D eigenvalue weighted by molar-refractivity contribution is 9.10. The number of aromatic nitrogens is 3. The Balaban J connectivity index is 1.56. The van der Waals surface area contributed by atoms with Crippen molar-refractivity contribution in [3.05, 3.63) is 28.8 Å². The average molecular weight is 323 g/mol. The lowest BCUT2D eigenvalue weighted by molar-refractivity contribution is 0.490. The van der Waals surface area contributed by atoms with E-state index in [0.29, 0.717) is 11.8 Å². The first-order chi connectivity index (χ1) is 9.31. The number of hydrogen-bond acceptors (Lipinski definition) is 5. The molecule has 2 heterocycles. The summed E-state index contributed by atoms with van der Waals surface area (Å²) in [7, 11) is 0. The van der Waals surface area contributed by atoms with Gasteiger partial charge in [0, 0.05) is 29.3 Å². The summed E-state index contributed by atoms with van der Waals surface area (Å²) in [6, 6.07) is 2.67. The maximum atomic E-state index is 5.64. The fourth-order valence-corrected chi connectivity index (χ4v) is 2.20. The van der Waals surface area contributed by atoms with Gasteiger partial charge >= 0.3 is 0 Å². The standard InChI is InChI=1S/C13H15BrN4O/c14-10-6-9(7-15-8-10)13-18-17-12(19-13)2-1-5-16-11-3-4-11/h6-8,11,16H,1-5H2. The minimum atomic E-state index is 0.527. The molecule has 1 fully saturated rings. The molecule has 6 heteroatoms. The molecule has 0 atom stereocenters. The van der Waals surface area contributed by atoms with Gasteiger partial charge in [0.2, 0.25) is 11.8 Å². The van der Waals surface area contributed by atoms with Crippen LogP contribution in [-0.2, 0) is 6.42 Å². The van der Waals surface area contributed by atoms with Gasteiger partial charge in [0.05, 0.1) is 5.56 Å². The molecule has 1 saturated carbocycles. The van der Waals surface area contributed by atoms with Crippen LogP contribution in [0.15, 0.2) is 27.3 Å². The zero-order valence-electron chi connectivity index (χ0n) is 10.5. The summed E-state index contributed by atoms with van der Waals surface area (Å²) in [6.45, 7) is 1.01. The maximum Gasteiger partial charge on any atom is 0.249 e. The van der Waals surface area contributed by atoms with E-state index in [1.54, 1.807) is 12.4 Å². The lowest BCUT2D eigenvalue weighted by atomic mass is 10.3. The number of aryl methyl sites for hydroxylation is 1. The maximum absolute atomic E-state index is 5.64. The van der Waals surface area contributed by atoms with Crippen molar-refractivity contribution in [1.82, 2.24) is 20.5 Å². The van der Waals surface area contributed by atoms with Gasteiger partial charge in [-0.3, -0.25) is 4.98 Å². The fraction of sp³-hybridized carbons (Fsp3) is 0.462. The van der Waals surface area contributed by atoms with Crippen molar-refractivity contribution in [1.29, 1.82) is 0 Å². The van der Waals surface area contributed by atoms with Gasteiger partial charge in [-0.25, -0.2) is 0 Å². The molecule has 0 bridgehead atoms. The van der Waals surface area contributed by atoms with Crippen LogP contribution in [0.25, 0.3) is 11.5 Å².